The summed E-state index contributed by atoms with van der Waals surface area (Å²) in [6, 6.07) is 6.59. The van der Waals surface area contributed by atoms with Gasteiger partial charge in [0.25, 0.3) is 0 Å². The highest BCUT2D eigenvalue weighted by Crippen LogP contribution is 2.16. The van der Waals surface area contributed by atoms with Crippen molar-refractivity contribution < 1.29 is 14.7 Å². The van der Waals surface area contributed by atoms with E-state index in [4.69, 9.17) is 0 Å². The third-order valence-electron chi connectivity index (χ3n) is 1.88. The number of carbonyl (C=O) groups is 2. The van der Waals surface area contributed by atoms with Gasteiger partial charge in [0.2, 0.25) is 5.91 Å². The maximum Gasteiger partial charge on any atom is 0.221 e. The SMILES string of the molecule is CC(=O)Nc1ccccc1C(=O)[C@@H](C)O. The number of aliphatic hydroxyl groups is 1. The van der Waals surface area contributed by atoms with Crippen LogP contribution < -0.4 is 5.32 Å². The molecule has 1 amide bonds. The first-order valence-electron chi connectivity index (χ1n) is 4.61. The second-order valence-electron chi connectivity index (χ2n) is 3.27. The van der Waals surface area contributed by atoms with E-state index in [9.17, 15) is 14.7 Å². The van der Waals surface area contributed by atoms with Gasteiger partial charge in [-0.15, -0.1) is 0 Å². The Morgan fingerprint density at radius 1 is 1.33 bits per heavy atom. The number of nitrogens with one attached hydrogen (secondary N) is 1. The first-order valence-corrected chi connectivity index (χ1v) is 4.61. The lowest BCUT2D eigenvalue weighted by atomic mass is 10.1. The van der Waals surface area contributed by atoms with Crippen molar-refractivity contribution in [3.05, 3.63) is 29.8 Å². The molecule has 0 radical (unpaired) electrons. The number of ketones is 1. The summed E-state index contributed by atoms with van der Waals surface area (Å²) < 4.78 is 0. The van der Waals surface area contributed by atoms with Crippen molar-refractivity contribution in [2.45, 2.75) is 20.0 Å². The summed E-state index contributed by atoms with van der Waals surface area (Å²) in [5, 5.41) is 11.7. The zero-order chi connectivity index (χ0) is 11.4. The first-order chi connectivity index (χ1) is 7.02. The Hall–Kier alpha value is -1.68. The molecule has 0 fully saturated rings. The van der Waals surface area contributed by atoms with E-state index in [2.05, 4.69) is 5.32 Å². The summed E-state index contributed by atoms with van der Waals surface area (Å²) in [5.41, 5.74) is 0.749. The van der Waals surface area contributed by atoms with Crippen molar-refractivity contribution in [1.29, 1.82) is 0 Å². The molecular weight excluding hydrogens is 194 g/mol. The minimum atomic E-state index is -1.07. The number of hydrogen-bond donors (Lipinski definition) is 2. The summed E-state index contributed by atoms with van der Waals surface area (Å²) in [6.07, 6.45) is -1.07. The van der Waals surface area contributed by atoms with Crippen molar-refractivity contribution >= 4 is 17.4 Å². The molecule has 0 saturated heterocycles. The van der Waals surface area contributed by atoms with E-state index in [1.54, 1.807) is 24.3 Å². The smallest absolute Gasteiger partial charge is 0.221 e. The lowest BCUT2D eigenvalue weighted by Gasteiger charge is -2.09. The van der Waals surface area contributed by atoms with Crippen molar-refractivity contribution in [2.75, 3.05) is 5.32 Å². The van der Waals surface area contributed by atoms with Crippen LogP contribution in [0.4, 0.5) is 5.69 Å². The van der Waals surface area contributed by atoms with Crippen molar-refractivity contribution in [3.8, 4) is 0 Å². The number of para-hydroxylation sites is 1. The minimum absolute atomic E-state index is 0.249. The molecule has 1 atom stereocenters. The van der Waals surface area contributed by atoms with Gasteiger partial charge in [-0.2, -0.15) is 0 Å². The van der Waals surface area contributed by atoms with Gasteiger partial charge in [0.1, 0.15) is 6.10 Å². The highest BCUT2D eigenvalue weighted by Gasteiger charge is 2.15. The van der Waals surface area contributed by atoms with E-state index in [0.717, 1.165) is 0 Å². The second-order valence-corrected chi connectivity index (χ2v) is 3.27. The minimum Gasteiger partial charge on any atom is -0.385 e. The molecule has 1 aromatic carbocycles. The van der Waals surface area contributed by atoms with Crippen LogP contribution >= 0.6 is 0 Å². The Morgan fingerprint density at radius 3 is 2.47 bits per heavy atom. The van der Waals surface area contributed by atoms with Crippen LogP contribution in [0.2, 0.25) is 0 Å². The maximum atomic E-state index is 11.5. The fraction of sp³-hybridized carbons (Fsp3) is 0.273. The third-order valence-corrected chi connectivity index (χ3v) is 1.88. The van der Waals surface area contributed by atoms with Crippen LogP contribution in [0.15, 0.2) is 24.3 Å². The molecule has 4 heteroatoms. The normalized spacial score (nSPS) is 11.9. The van der Waals surface area contributed by atoms with Crippen molar-refractivity contribution in [1.82, 2.24) is 0 Å². The second kappa shape index (κ2) is 4.70. The predicted molar refractivity (Wildman–Crippen MR) is 56.8 cm³/mol. The first kappa shape index (κ1) is 11.4. The van der Waals surface area contributed by atoms with Gasteiger partial charge in [0, 0.05) is 12.5 Å². The molecule has 4 nitrogen and oxygen atoms in total. The van der Waals surface area contributed by atoms with Gasteiger partial charge in [-0.3, -0.25) is 9.59 Å². The van der Waals surface area contributed by atoms with E-state index in [1.165, 1.54) is 13.8 Å². The van der Waals surface area contributed by atoms with Crippen molar-refractivity contribution in [3.63, 3.8) is 0 Å². The maximum absolute atomic E-state index is 11.5. The Kier molecular flexibility index (Phi) is 3.57. The van der Waals surface area contributed by atoms with E-state index in [-0.39, 0.29) is 5.91 Å². The number of rotatable bonds is 3. The Labute approximate surface area is 87.9 Å². The molecule has 1 aromatic rings. The monoisotopic (exact) mass is 207 g/mol. The molecule has 0 aliphatic carbocycles. The number of aliphatic hydroxyl groups excluding tert-OH is 1. The molecule has 0 spiro atoms. The van der Waals surface area contributed by atoms with Gasteiger partial charge in [-0.05, 0) is 19.1 Å². The molecule has 80 valence electrons. The summed E-state index contributed by atoms with van der Waals surface area (Å²) in [7, 11) is 0. The van der Waals surface area contributed by atoms with Crippen LogP contribution in [0.1, 0.15) is 24.2 Å². The van der Waals surface area contributed by atoms with Crippen LogP contribution in [0.25, 0.3) is 0 Å². The highest BCUT2D eigenvalue weighted by molar-refractivity contribution is 6.06. The standard InChI is InChI=1S/C11H13NO3/c1-7(13)11(15)9-5-3-4-6-10(9)12-8(2)14/h3-7,13H,1-2H3,(H,12,14)/t7-/m1/s1. The van der Waals surface area contributed by atoms with Gasteiger partial charge < -0.3 is 10.4 Å². The largest absolute Gasteiger partial charge is 0.385 e. The Bertz CT molecular complexity index is 385. The molecule has 0 bridgehead atoms. The fourth-order valence-corrected chi connectivity index (χ4v) is 1.22. The molecule has 2 N–H and O–H groups in total. The van der Waals surface area contributed by atoms with E-state index >= 15 is 0 Å². The number of amides is 1. The van der Waals surface area contributed by atoms with E-state index in [0.29, 0.717) is 11.3 Å². The molecule has 0 aliphatic heterocycles. The van der Waals surface area contributed by atoms with Crippen LogP contribution in [0.5, 0.6) is 0 Å². The molecular formula is C11H13NO3. The number of carbonyl (C=O) groups excluding carboxylic acids is 2. The Balaban J connectivity index is 3.06. The number of benzene rings is 1. The zero-order valence-corrected chi connectivity index (χ0v) is 8.65. The Morgan fingerprint density at radius 2 is 1.93 bits per heavy atom. The molecule has 0 unspecified atom stereocenters. The van der Waals surface area contributed by atoms with Crippen LogP contribution in [0.3, 0.4) is 0 Å². The summed E-state index contributed by atoms with van der Waals surface area (Å²) >= 11 is 0. The third kappa shape index (κ3) is 2.89. The van der Waals surface area contributed by atoms with E-state index < -0.39 is 11.9 Å². The van der Waals surface area contributed by atoms with Crippen LogP contribution in [-0.2, 0) is 4.79 Å². The summed E-state index contributed by atoms with van der Waals surface area (Å²) in [4.78, 5) is 22.4. The molecule has 1 rings (SSSR count). The molecule has 0 aliphatic rings. The fourth-order valence-electron chi connectivity index (χ4n) is 1.22. The molecule has 0 saturated carbocycles. The summed E-state index contributed by atoms with van der Waals surface area (Å²) in [6.45, 7) is 2.76. The number of Topliss-reactive ketones (excluding diaryl/α,β-unsaturated/α-hetero) is 1. The van der Waals surface area contributed by atoms with Gasteiger partial charge in [-0.25, -0.2) is 0 Å². The van der Waals surface area contributed by atoms with Crippen LogP contribution in [-0.4, -0.2) is 22.9 Å². The average molecular weight is 207 g/mol. The van der Waals surface area contributed by atoms with Gasteiger partial charge in [0.15, 0.2) is 5.78 Å². The number of hydrogen-bond acceptors (Lipinski definition) is 3. The van der Waals surface area contributed by atoms with Crippen LogP contribution in [0, 0.1) is 0 Å². The van der Waals surface area contributed by atoms with Crippen molar-refractivity contribution in [2.24, 2.45) is 0 Å². The lowest BCUT2D eigenvalue weighted by Crippen LogP contribution is -2.19. The topological polar surface area (TPSA) is 66.4 Å². The van der Waals surface area contributed by atoms with Gasteiger partial charge in [-0.1, -0.05) is 12.1 Å². The van der Waals surface area contributed by atoms with E-state index in [1.807, 2.05) is 0 Å². The average Bonchev–Trinajstić information content (AvgIpc) is 2.16. The van der Waals surface area contributed by atoms with Gasteiger partial charge >= 0.3 is 0 Å². The summed E-state index contributed by atoms with van der Waals surface area (Å²) in [5.74, 6) is -0.653. The lowest BCUT2D eigenvalue weighted by molar-refractivity contribution is -0.114. The number of anilines is 1. The quantitative estimate of drug-likeness (QED) is 0.732. The zero-order valence-electron chi connectivity index (χ0n) is 8.65. The highest BCUT2D eigenvalue weighted by atomic mass is 16.3. The predicted octanol–water partition coefficient (Wildman–Crippen LogP) is 1.21. The van der Waals surface area contributed by atoms with Gasteiger partial charge in [0.05, 0.1) is 5.69 Å². The molecule has 0 heterocycles. The molecule has 15 heavy (non-hydrogen) atoms. The molecule has 0 aromatic heterocycles.